The zero-order valence-corrected chi connectivity index (χ0v) is 20.9. The van der Waals surface area contributed by atoms with Crippen molar-refractivity contribution >= 4 is 35.6 Å². The summed E-state index contributed by atoms with van der Waals surface area (Å²) < 4.78 is 0. The average Bonchev–Trinajstić information content (AvgIpc) is 2.88. The van der Waals surface area contributed by atoms with Crippen molar-refractivity contribution in [3.05, 3.63) is 71.8 Å². The lowest BCUT2D eigenvalue weighted by Gasteiger charge is -2.24. The van der Waals surface area contributed by atoms with E-state index in [1.165, 1.54) is 0 Å². The number of primary amides is 1. The number of nitrogens with two attached hydrogens (primary N) is 2. The molecule has 0 saturated heterocycles. The maximum absolute atomic E-state index is 13.2. The van der Waals surface area contributed by atoms with Gasteiger partial charge in [-0.25, -0.2) is 4.79 Å². The van der Waals surface area contributed by atoms with Crippen molar-refractivity contribution in [3.63, 3.8) is 0 Å². The van der Waals surface area contributed by atoms with E-state index >= 15 is 0 Å². The molecule has 0 fully saturated rings. The summed E-state index contributed by atoms with van der Waals surface area (Å²) >= 11 is 0. The maximum Gasteiger partial charge on any atom is 0.326 e. The Morgan fingerprint density at radius 1 is 0.641 bits per heavy atom. The summed E-state index contributed by atoms with van der Waals surface area (Å²) in [6.07, 6.45) is -1.46. The molecule has 208 valence electrons. The van der Waals surface area contributed by atoms with E-state index in [0.717, 1.165) is 5.56 Å². The summed E-state index contributed by atoms with van der Waals surface area (Å²) in [5.74, 6) is -6.76. The predicted molar refractivity (Wildman–Crippen MR) is 138 cm³/mol. The first-order valence-electron chi connectivity index (χ1n) is 11.9. The second-order valence-corrected chi connectivity index (χ2v) is 8.78. The van der Waals surface area contributed by atoms with Crippen LogP contribution in [0.5, 0.6) is 0 Å². The molecule has 0 aromatic heterocycles. The zero-order valence-electron chi connectivity index (χ0n) is 20.9. The Kier molecular flexibility index (Phi) is 11.6. The van der Waals surface area contributed by atoms with Crippen molar-refractivity contribution in [1.29, 1.82) is 0 Å². The summed E-state index contributed by atoms with van der Waals surface area (Å²) in [7, 11) is 0. The third-order valence-electron chi connectivity index (χ3n) is 5.58. The monoisotopic (exact) mass is 541 g/mol. The van der Waals surface area contributed by atoms with Crippen molar-refractivity contribution in [2.75, 3.05) is 0 Å². The third kappa shape index (κ3) is 10.6. The highest BCUT2D eigenvalue weighted by Gasteiger charge is 2.32. The lowest BCUT2D eigenvalue weighted by Crippen LogP contribution is -2.58. The van der Waals surface area contributed by atoms with Crippen LogP contribution >= 0.6 is 0 Å². The average molecular weight is 542 g/mol. The normalized spacial score (nSPS) is 13.7. The summed E-state index contributed by atoms with van der Waals surface area (Å²) in [5, 5.41) is 25.0. The lowest BCUT2D eigenvalue weighted by molar-refractivity contribution is -0.147. The van der Waals surface area contributed by atoms with Gasteiger partial charge in [0.05, 0.1) is 18.9 Å². The Morgan fingerprint density at radius 3 is 1.59 bits per heavy atom. The number of benzene rings is 2. The van der Waals surface area contributed by atoms with Crippen molar-refractivity contribution in [1.82, 2.24) is 16.0 Å². The number of carbonyl (C=O) groups excluding carboxylic acids is 4. The van der Waals surface area contributed by atoms with Gasteiger partial charge in [-0.05, 0) is 17.5 Å². The van der Waals surface area contributed by atoms with Gasteiger partial charge < -0.3 is 37.6 Å². The molecule has 0 saturated carbocycles. The molecular weight excluding hydrogens is 510 g/mol. The molecule has 39 heavy (non-hydrogen) atoms. The van der Waals surface area contributed by atoms with Gasteiger partial charge in [-0.3, -0.25) is 24.0 Å². The van der Waals surface area contributed by atoms with E-state index in [1.54, 1.807) is 54.6 Å². The molecule has 2 aromatic rings. The van der Waals surface area contributed by atoms with Crippen molar-refractivity contribution in [3.8, 4) is 0 Å². The second-order valence-electron chi connectivity index (χ2n) is 8.78. The molecule has 0 bridgehead atoms. The Morgan fingerprint density at radius 2 is 1.10 bits per heavy atom. The van der Waals surface area contributed by atoms with Gasteiger partial charge in [0.1, 0.15) is 18.1 Å². The summed E-state index contributed by atoms with van der Waals surface area (Å²) in [6, 6.07) is 11.9. The van der Waals surface area contributed by atoms with Crippen LogP contribution in [0.1, 0.15) is 24.0 Å². The molecule has 2 rings (SSSR count). The number of nitrogens with one attached hydrogen (secondary N) is 3. The third-order valence-corrected chi connectivity index (χ3v) is 5.58. The minimum atomic E-state index is -1.82. The van der Waals surface area contributed by atoms with E-state index in [0.29, 0.717) is 5.56 Å². The first-order valence-corrected chi connectivity index (χ1v) is 11.9. The number of aliphatic carboxylic acids is 2. The maximum atomic E-state index is 13.2. The molecule has 4 atom stereocenters. The van der Waals surface area contributed by atoms with Crippen molar-refractivity contribution < 1.29 is 39.0 Å². The van der Waals surface area contributed by atoms with E-state index < -0.39 is 72.6 Å². The fourth-order valence-corrected chi connectivity index (χ4v) is 3.63. The quantitative estimate of drug-likeness (QED) is 0.142. The number of carbonyl (C=O) groups is 6. The van der Waals surface area contributed by atoms with Gasteiger partial charge in [0.25, 0.3) is 0 Å². The van der Waals surface area contributed by atoms with Crippen LogP contribution in [-0.4, -0.2) is 69.9 Å². The second kappa shape index (κ2) is 14.8. The van der Waals surface area contributed by atoms with Crippen molar-refractivity contribution in [2.45, 2.75) is 49.9 Å². The van der Waals surface area contributed by atoms with E-state index in [2.05, 4.69) is 10.6 Å². The Hall–Kier alpha value is -4.78. The Bertz CT molecular complexity index is 1180. The fraction of sp³-hybridized carbons (Fsp3) is 0.308. The number of hydrogen-bond acceptors (Lipinski definition) is 7. The number of amides is 4. The van der Waals surface area contributed by atoms with Crippen LogP contribution in [0, 0.1) is 0 Å². The number of carboxylic acid groups (broad SMARTS) is 2. The van der Waals surface area contributed by atoms with Gasteiger partial charge in [0.2, 0.25) is 23.6 Å². The van der Waals surface area contributed by atoms with Gasteiger partial charge in [-0.15, -0.1) is 0 Å². The highest BCUT2D eigenvalue weighted by molar-refractivity contribution is 5.96. The largest absolute Gasteiger partial charge is 0.481 e. The Labute approximate surface area is 223 Å². The molecule has 0 aliphatic carbocycles. The molecule has 0 aliphatic heterocycles. The highest BCUT2D eigenvalue weighted by atomic mass is 16.4. The molecule has 2 aromatic carbocycles. The first kappa shape index (κ1) is 30.4. The molecule has 0 radical (unpaired) electrons. The van der Waals surface area contributed by atoms with E-state index in [-0.39, 0.29) is 12.8 Å². The fourth-order valence-electron chi connectivity index (χ4n) is 3.63. The van der Waals surface area contributed by atoms with Crippen LogP contribution in [0.25, 0.3) is 0 Å². The molecule has 0 spiro atoms. The van der Waals surface area contributed by atoms with Crippen LogP contribution in [0.2, 0.25) is 0 Å². The predicted octanol–water partition coefficient (Wildman–Crippen LogP) is -1.31. The van der Waals surface area contributed by atoms with Crippen LogP contribution in [0.15, 0.2) is 60.7 Å². The van der Waals surface area contributed by atoms with Crippen molar-refractivity contribution in [2.24, 2.45) is 11.5 Å². The molecule has 9 N–H and O–H groups in total. The number of rotatable bonds is 15. The van der Waals surface area contributed by atoms with E-state index in [1.807, 2.05) is 11.4 Å². The SMILES string of the molecule is NC(=O)CC(NC(=O)C(Cc1ccccc1)NC(=O)C(N)Cc1ccccc1)C(=O)NC(CC(=O)O)C(=O)O. The van der Waals surface area contributed by atoms with Crippen LogP contribution < -0.4 is 27.4 Å². The summed E-state index contributed by atoms with van der Waals surface area (Å²) in [6.45, 7) is 0. The van der Waals surface area contributed by atoms with Gasteiger partial charge in [0, 0.05) is 6.42 Å². The first-order chi connectivity index (χ1) is 18.5. The minimum absolute atomic E-state index is 0.00184. The van der Waals surface area contributed by atoms with Crippen LogP contribution in [-0.2, 0) is 41.6 Å². The number of hydrogen-bond donors (Lipinski definition) is 7. The zero-order chi connectivity index (χ0) is 28.9. The molecule has 4 amide bonds. The van der Waals surface area contributed by atoms with Gasteiger partial charge in [0.15, 0.2) is 0 Å². The van der Waals surface area contributed by atoms with Gasteiger partial charge in [-0.2, -0.15) is 0 Å². The topological polar surface area (TPSA) is 231 Å². The minimum Gasteiger partial charge on any atom is -0.481 e. The summed E-state index contributed by atoms with van der Waals surface area (Å²) in [5.41, 5.74) is 12.7. The molecule has 0 heterocycles. The molecule has 13 heteroatoms. The Balaban J connectivity index is 2.22. The molecular formula is C26H31N5O8. The standard InChI is InChI=1S/C26H31N5O8/c27-17(11-15-7-3-1-4-8-15)23(35)29-18(12-16-9-5-2-6-10-16)24(36)30-19(13-21(28)32)25(37)31-20(26(38)39)14-22(33)34/h1-10,17-20H,11-14,27H2,(H2,28,32)(H,29,35)(H,30,36)(H,31,37)(H,33,34)(H,38,39). The van der Waals surface area contributed by atoms with Crippen LogP contribution in [0.3, 0.4) is 0 Å². The van der Waals surface area contributed by atoms with Gasteiger partial charge >= 0.3 is 11.9 Å². The smallest absolute Gasteiger partial charge is 0.326 e. The molecule has 0 aliphatic rings. The van der Waals surface area contributed by atoms with Gasteiger partial charge in [-0.1, -0.05) is 60.7 Å². The van der Waals surface area contributed by atoms with E-state index in [4.69, 9.17) is 16.6 Å². The number of carboxylic acids is 2. The lowest BCUT2D eigenvalue weighted by atomic mass is 10.0. The highest BCUT2D eigenvalue weighted by Crippen LogP contribution is 2.07. The molecule has 4 unspecified atom stereocenters. The van der Waals surface area contributed by atoms with Crippen LogP contribution in [0.4, 0.5) is 0 Å². The summed E-state index contributed by atoms with van der Waals surface area (Å²) in [4.78, 5) is 72.7. The van der Waals surface area contributed by atoms with E-state index in [9.17, 15) is 33.9 Å². The molecule has 13 nitrogen and oxygen atoms in total.